The summed E-state index contributed by atoms with van der Waals surface area (Å²) < 4.78 is 7.02. The van der Waals surface area contributed by atoms with Crippen LogP contribution in [-0.4, -0.2) is 33.9 Å². The monoisotopic (exact) mass is 345 g/mol. The Morgan fingerprint density at radius 3 is 2.38 bits per heavy atom. The topological polar surface area (TPSA) is 56.1 Å². The summed E-state index contributed by atoms with van der Waals surface area (Å²) in [5, 5.41) is 5.27. The predicted molar refractivity (Wildman–Crippen MR) is 103 cm³/mol. The maximum Gasteiger partial charge on any atom is 0.164 e. The summed E-state index contributed by atoms with van der Waals surface area (Å²) in [5.41, 5.74) is 2.78. The summed E-state index contributed by atoms with van der Waals surface area (Å²) >= 11 is 0. The van der Waals surface area contributed by atoms with Crippen LogP contribution in [0.15, 0.2) is 60.8 Å². The third-order valence-electron chi connectivity index (χ3n) is 4.38. The van der Waals surface area contributed by atoms with Crippen molar-refractivity contribution in [3.63, 3.8) is 0 Å². The Morgan fingerprint density at radius 2 is 1.69 bits per heavy atom. The second-order valence-corrected chi connectivity index (χ2v) is 6.00. The Hall–Kier alpha value is -3.41. The van der Waals surface area contributed by atoms with Gasteiger partial charge in [-0.3, -0.25) is 4.68 Å². The molecule has 6 nitrogen and oxygen atoms in total. The molecule has 0 aliphatic carbocycles. The van der Waals surface area contributed by atoms with Gasteiger partial charge >= 0.3 is 0 Å². The summed E-state index contributed by atoms with van der Waals surface area (Å²) in [4.78, 5) is 11.6. The molecule has 2 heterocycles. The van der Waals surface area contributed by atoms with Gasteiger partial charge in [0.05, 0.1) is 18.7 Å². The van der Waals surface area contributed by atoms with Crippen molar-refractivity contribution < 1.29 is 4.74 Å². The molecular weight excluding hydrogens is 326 g/mol. The molecule has 0 amide bonds. The molecule has 0 spiro atoms. The number of ether oxygens (including phenoxy) is 1. The molecule has 0 saturated heterocycles. The molecule has 0 unspecified atom stereocenters. The second-order valence-electron chi connectivity index (χ2n) is 6.00. The molecule has 130 valence electrons. The molecule has 0 saturated carbocycles. The highest BCUT2D eigenvalue weighted by Gasteiger charge is 2.17. The zero-order valence-electron chi connectivity index (χ0n) is 14.9. The van der Waals surface area contributed by atoms with E-state index in [-0.39, 0.29) is 0 Å². The van der Waals surface area contributed by atoms with Crippen molar-refractivity contribution in [1.82, 2.24) is 19.7 Å². The van der Waals surface area contributed by atoms with E-state index in [4.69, 9.17) is 14.7 Å². The number of fused-ring (bicyclic) bond motifs is 1. The van der Waals surface area contributed by atoms with Gasteiger partial charge in [0, 0.05) is 25.3 Å². The zero-order chi connectivity index (χ0) is 18.1. The van der Waals surface area contributed by atoms with E-state index in [9.17, 15) is 0 Å². The molecule has 0 aliphatic rings. The van der Waals surface area contributed by atoms with Crippen LogP contribution in [0.25, 0.3) is 22.4 Å². The Kier molecular flexibility index (Phi) is 4.01. The number of rotatable bonds is 4. The van der Waals surface area contributed by atoms with E-state index in [0.29, 0.717) is 5.82 Å². The van der Waals surface area contributed by atoms with Gasteiger partial charge in [-0.05, 0) is 24.3 Å². The van der Waals surface area contributed by atoms with Crippen molar-refractivity contribution in [2.24, 2.45) is 7.05 Å². The van der Waals surface area contributed by atoms with Gasteiger partial charge in [-0.2, -0.15) is 5.10 Å². The Labute approximate surface area is 151 Å². The molecule has 2 aromatic carbocycles. The van der Waals surface area contributed by atoms with Crippen molar-refractivity contribution >= 4 is 22.5 Å². The lowest BCUT2D eigenvalue weighted by Crippen LogP contribution is -2.13. The first-order chi connectivity index (χ1) is 12.7. The van der Waals surface area contributed by atoms with E-state index >= 15 is 0 Å². The first-order valence-electron chi connectivity index (χ1n) is 8.30. The van der Waals surface area contributed by atoms with Crippen LogP contribution in [0.4, 0.5) is 11.5 Å². The van der Waals surface area contributed by atoms with Gasteiger partial charge in [0.15, 0.2) is 11.5 Å². The van der Waals surface area contributed by atoms with Gasteiger partial charge in [-0.1, -0.05) is 30.3 Å². The standard InChI is InChI=1S/C20H19N5O/c1-24(15-9-11-16(26-3)12-10-15)19-17-13-21-25(2)20(17)23-18(22-19)14-7-5-4-6-8-14/h4-13H,1-3H3. The van der Waals surface area contributed by atoms with Crippen molar-refractivity contribution in [1.29, 1.82) is 0 Å². The molecular formula is C20H19N5O. The van der Waals surface area contributed by atoms with Crippen LogP contribution >= 0.6 is 0 Å². The maximum atomic E-state index is 5.25. The minimum absolute atomic E-state index is 0.678. The minimum atomic E-state index is 0.678. The molecule has 2 aromatic heterocycles. The van der Waals surface area contributed by atoms with E-state index in [2.05, 4.69) is 5.10 Å². The van der Waals surface area contributed by atoms with Gasteiger partial charge < -0.3 is 9.64 Å². The quantitative estimate of drug-likeness (QED) is 0.563. The lowest BCUT2D eigenvalue weighted by Gasteiger charge is -2.20. The van der Waals surface area contributed by atoms with Gasteiger partial charge in [0.1, 0.15) is 11.6 Å². The fourth-order valence-electron chi connectivity index (χ4n) is 2.91. The summed E-state index contributed by atoms with van der Waals surface area (Å²) in [5.74, 6) is 2.31. The maximum absolute atomic E-state index is 5.25. The first kappa shape index (κ1) is 16.1. The number of hydrogen-bond donors (Lipinski definition) is 0. The van der Waals surface area contributed by atoms with Crippen molar-refractivity contribution in [3.8, 4) is 17.1 Å². The van der Waals surface area contributed by atoms with Crippen molar-refractivity contribution in [2.45, 2.75) is 0 Å². The van der Waals surface area contributed by atoms with Gasteiger partial charge in [-0.15, -0.1) is 0 Å². The third-order valence-corrected chi connectivity index (χ3v) is 4.38. The average Bonchev–Trinajstić information content (AvgIpc) is 3.08. The van der Waals surface area contributed by atoms with Crippen LogP contribution in [0.2, 0.25) is 0 Å². The number of methoxy groups -OCH3 is 1. The predicted octanol–water partition coefficient (Wildman–Crippen LogP) is 3.81. The fraction of sp³-hybridized carbons (Fsp3) is 0.150. The first-order valence-corrected chi connectivity index (χ1v) is 8.30. The Balaban J connectivity index is 1.87. The molecule has 0 aliphatic heterocycles. The zero-order valence-corrected chi connectivity index (χ0v) is 14.9. The molecule has 0 N–H and O–H groups in total. The van der Waals surface area contributed by atoms with Crippen LogP contribution < -0.4 is 9.64 Å². The van der Waals surface area contributed by atoms with Crippen molar-refractivity contribution in [3.05, 3.63) is 60.8 Å². The van der Waals surface area contributed by atoms with E-state index in [1.165, 1.54) is 0 Å². The van der Waals surface area contributed by atoms with E-state index in [1.807, 2.05) is 73.6 Å². The molecule has 0 bridgehead atoms. The largest absolute Gasteiger partial charge is 0.497 e. The highest BCUT2D eigenvalue weighted by Crippen LogP contribution is 2.31. The van der Waals surface area contributed by atoms with Crippen LogP contribution in [-0.2, 0) is 7.05 Å². The van der Waals surface area contributed by atoms with E-state index in [0.717, 1.165) is 33.9 Å². The number of anilines is 2. The molecule has 26 heavy (non-hydrogen) atoms. The highest BCUT2D eigenvalue weighted by atomic mass is 16.5. The number of nitrogens with zero attached hydrogens (tertiary/aromatic N) is 5. The smallest absolute Gasteiger partial charge is 0.164 e. The SMILES string of the molecule is COc1ccc(N(C)c2nc(-c3ccccc3)nc3c2cnn3C)cc1. The van der Waals surface area contributed by atoms with Crippen LogP contribution in [0.1, 0.15) is 0 Å². The number of benzene rings is 2. The van der Waals surface area contributed by atoms with E-state index < -0.39 is 0 Å². The minimum Gasteiger partial charge on any atom is -0.497 e. The molecule has 4 rings (SSSR count). The van der Waals surface area contributed by atoms with Crippen LogP contribution in [0.5, 0.6) is 5.75 Å². The average molecular weight is 345 g/mol. The van der Waals surface area contributed by atoms with Crippen LogP contribution in [0, 0.1) is 0 Å². The molecule has 6 heteroatoms. The third kappa shape index (κ3) is 2.75. The Bertz CT molecular complexity index is 1040. The summed E-state index contributed by atoms with van der Waals surface area (Å²) in [6, 6.07) is 17.9. The molecule has 4 aromatic rings. The van der Waals surface area contributed by atoms with Crippen molar-refractivity contribution in [2.75, 3.05) is 19.1 Å². The lowest BCUT2D eigenvalue weighted by atomic mass is 10.2. The highest BCUT2D eigenvalue weighted by molar-refractivity contribution is 5.90. The normalized spacial score (nSPS) is 10.9. The molecule has 0 radical (unpaired) electrons. The number of hydrogen-bond acceptors (Lipinski definition) is 5. The van der Waals surface area contributed by atoms with Gasteiger partial charge in [0.2, 0.25) is 0 Å². The second kappa shape index (κ2) is 6.48. The summed E-state index contributed by atoms with van der Waals surface area (Å²) in [6.45, 7) is 0. The Morgan fingerprint density at radius 1 is 0.962 bits per heavy atom. The van der Waals surface area contributed by atoms with Crippen LogP contribution in [0.3, 0.4) is 0 Å². The summed E-state index contributed by atoms with van der Waals surface area (Å²) in [6.07, 6.45) is 1.81. The molecule has 0 atom stereocenters. The lowest BCUT2D eigenvalue weighted by molar-refractivity contribution is 0.415. The number of aromatic nitrogens is 4. The number of aryl methyl sites for hydroxylation is 1. The van der Waals surface area contributed by atoms with Gasteiger partial charge in [-0.25, -0.2) is 9.97 Å². The van der Waals surface area contributed by atoms with E-state index in [1.54, 1.807) is 18.0 Å². The fourth-order valence-corrected chi connectivity index (χ4v) is 2.91. The molecule has 0 fully saturated rings. The van der Waals surface area contributed by atoms with Gasteiger partial charge in [0.25, 0.3) is 0 Å². The summed E-state index contributed by atoms with van der Waals surface area (Å²) in [7, 11) is 5.54.